The Bertz CT molecular complexity index is 202. The minimum absolute atomic E-state index is 0.104. The van der Waals surface area contributed by atoms with Crippen LogP contribution in [0.4, 0.5) is 0 Å². The molecule has 1 heterocycles. The van der Waals surface area contributed by atoms with E-state index in [4.69, 9.17) is 6.48 Å². The molecule has 42 valence electrons. The molecule has 8 heavy (non-hydrogen) atoms. The van der Waals surface area contributed by atoms with Gasteiger partial charge in [-0.1, -0.05) is 6.07 Å². The number of nitrogens with zero attached hydrogens (tertiary/aromatic N) is 1. The van der Waals surface area contributed by atoms with E-state index >= 15 is 0 Å². The van der Waals surface area contributed by atoms with Crippen LogP contribution in [0.2, 0.25) is 0 Å². The van der Waals surface area contributed by atoms with Gasteiger partial charge in [0.05, 0.1) is 7.98 Å². The van der Waals surface area contributed by atoms with Crippen molar-refractivity contribution < 1.29 is 6.48 Å². The standard InChI is InChI=1S/C6H7NO/c8-5-6-2-1-3-7-4-6/h1-4,8H,5H2/i4D. The summed E-state index contributed by atoms with van der Waals surface area (Å²) in [6.45, 7) is -0.104. The van der Waals surface area contributed by atoms with Crippen LogP contribution in [-0.4, -0.2) is 10.1 Å². The van der Waals surface area contributed by atoms with Gasteiger partial charge in [-0.2, -0.15) is 0 Å². The van der Waals surface area contributed by atoms with Crippen molar-refractivity contribution >= 4 is 0 Å². The summed E-state index contributed by atoms with van der Waals surface area (Å²) in [7, 11) is 0. The zero-order chi connectivity index (χ0) is 6.69. The van der Waals surface area contributed by atoms with Crippen molar-refractivity contribution in [1.29, 1.82) is 0 Å². The van der Waals surface area contributed by atoms with Gasteiger partial charge in [0.2, 0.25) is 0 Å². The molecule has 1 aromatic heterocycles. The maximum atomic E-state index is 8.56. The summed E-state index contributed by atoms with van der Waals surface area (Å²) in [4.78, 5) is 3.66. The lowest BCUT2D eigenvalue weighted by Crippen LogP contribution is -1.80. The Hall–Kier alpha value is -0.890. The second-order valence-corrected chi connectivity index (χ2v) is 1.43. The number of rotatable bonds is 1. The van der Waals surface area contributed by atoms with Crippen LogP contribution in [0, 0.1) is 0 Å². The molecule has 2 nitrogen and oxygen atoms in total. The van der Waals surface area contributed by atoms with E-state index in [9.17, 15) is 0 Å². The topological polar surface area (TPSA) is 33.1 Å². The Balaban J connectivity index is 3.01. The molecular weight excluding hydrogens is 102 g/mol. The number of hydrogen-bond acceptors (Lipinski definition) is 2. The molecule has 0 aliphatic heterocycles. The number of hydrogen-bond donors (Lipinski definition) is 1. The van der Waals surface area contributed by atoms with Gasteiger partial charge in [-0.3, -0.25) is 4.98 Å². The molecule has 0 bridgehead atoms. The second kappa shape index (κ2) is 2.43. The van der Waals surface area contributed by atoms with Crippen molar-refractivity contribution in [2.24, 2.45) is 0 Å². The van der Waals surface area contributed by atoms with Gasteiger partial charge in [0.25, 0.3) is 0 Å². The van der Waals surface area contributed by atoms with Crippen LogP contribution < -0.4 is 0 Å². The molecule has 1 aromatic rings. The number of aromatic nitrogens is 1. The second-order valence-electron chi connectivity index (χ2n) is 1.43. The third kappa shape index (κ3) is 1.04. The normalized spacial score (nSPS) is 10.9. The maximum Gasteiger partial charge on any atom is 0.0844 e. The van der Waals surface area contributed by atoms with Gasteiger partial charge in [0.15, 0.2) is 0 Å². The van der Waals surface area contributed by atoms with Gasteiger partial charge in [0.1, 0.15) is 0 Å². The Kier molecular flexibility index (Phi) is 1.22. The van der Waals surface area contributed by atoms with E-state index in [0.29, 0.717) is 5.56 Å². The number of aliphatic hydroxyl groups is 1. The first-order valence-corrected chi connectivity index (χ1v) is 2.36. The molecule has 0 amide bonds. The first kappa shape index (κ1) is 4.04. The minimum atomic E-state index is -0.104. The average Bonchev–Trinajstić information content (AvgIpc) is 1.89. The molecule has 0 atom stereocenters. The molecule has 0 saturated heterocycles. The predicted molar refractivity (Wildman–Crippen MR) is 30.2 cm³/mol. The third-order valence-corrected chi connectivity index (χ3v) is 0.837. The zero-order valence-electron chi connectivity index (χ0n) is 5.33. The van der Waals surface area contributed by atoms with Crippen LogP contribution in [0.5, 0.6) is 0 Å². The summed E-state index contributed by atoms with van der Waals surface area (Å²) in [5, 5.41) is 8.56. The first-order valence-electron chi connectivity index (χ1n) is 2.86. The van der Waals surface area contributed by atoms with Gasteiger partial charge in [-0.15, -0.1) is 0 Å². The van der Waals surface area contributed by atoms with Crippen molar-refractivity contribution in [3.05, 3.63) is 30.1 Å². The van der Waals surface area contributed by atoms with Crippen LogP contribution in [0.1, 0.15) is 6.93 Å². The zero-order valence-corrected chi connectivity index (χ0v) is 4.33. The highest BCUT2D eigenvalue weighted by Crippen LogP contribution is 1.92. The monoisotopic (exact) mass is 110 g/mol. The van der Waals surface area contributed by atoms with E-state index in [1.165, 1.54) is 6.20 Å². The largest absolute Gasteiger partial charge is 0.392 e. The highest BCUT2D eigenvalue weighted by molar-refractivity contribution is 5.06. The van der Waals surface area contributed by atoms with Gasteiger partial charge in [-0.25, -0.2) is 0 Å². The summed E-state index contributed by atoms with van der Waals surface area (Å²) in [5.41, 5.74) is 0.567. The summed E-state index contributed by atoms with van der Waals surface area (Å²) in [5.74, 6) is 0. The summed E-state index contributed by atoms with van der Waals surface area (Å²) in [6.07, 6.45) is 1.68. The smallest absolute Gasteiger partial charge is 0.0844 e. The highest BCUT2D eigenvalue weighted by Gasteiger charge is 1.82. The van der Waals surface area contributed by atoms with E-state index in [1.54, 1.807) is 12.1 Å². The van der Waals surface area contributed by atoms with Crippen LogP contribution in [0.15, 0.2) is 24.5 Å². The summed E-state index contributed by atoms with van der Waals surface area (Å²) in [6, 6.07) is 3.37. The average molecular weight is 110 g/mol. The van der Waals surface area contributed by atoms with Crippen LogP contribution >= 0.6 is 0 Å². The van der Waals surface area contributed by atoms with Gasteiger partial charge in [-0.05, 0) is 11.6 Å². The van der Waals surface area contributed by atoms with Gasteiger partial charge >= 0.3 is 0 Å². The van der Waals surface area contributed by atoms with Crippen LogP contribution in [0.25, 0.3) is 0 Å². The van der Waals surface area contributed by atoms with Crippen LogP contribution in [0.3, 0.4) is 0 Å². The molecule has 0 saturated carbocycles. The lowest BCUT2D eigenvalue weighted by molar-refractivity contribution is 0.281. The molecule has 0 fully saturated rings. The van der Waals surface area contributed by atoms with E-state index in [-0.39, 0.29) is 12.8 Å². The molecule has 0 spiro atoms. The Morgan fingerprint density at radius 1 is 1.88 bits per heavy atom. The quantitative estimate of drug-likeness (QED) is 0.573. The first-order chi connectivity index (χ1) is 4.34. The summed E-state index contributed by atoms with van der Waals surface area (Å²) >= 11 is 0. The molecule has 0 unspecified atom stereocenters. The molecule has 0 aliphatic carbocycles. The van der Waals surface area contributed by atoms with E-state index in [2.05, 4.69) is 4.98 Å². The Labute approximate surface area is 49.2 Å². The highest BCUT2D eigenvalue weighted by atomic mass is 16.3. The van der Waals surface area contributed by atoms with Crippen molar-refractivity contribution in [3.8, 4) is 0 Å². The van der Waals surface area contributed by atoms with Crippen molar-refractivity contribution in [3.63, 3.8) is 0 Å². The lowest BCUT2D eigenvalue weighted by atomic mass is 10.3. The molecular formula is C6H7NO. The Morgan fingerprint density at radius 2 is 2.75 bits per heavy atom. The molecule has 0 aromatic carbocycles. The summed E-state index contributed by atoms with van der Waals surface area (Å²) < 4.78 is 7.10. The van der Waals surface area contributed by atoms with Crippen molar-refractivity contribution in [2.45, 2.75) is 6.61 Å². The SMILES string of the molecule is [2H]c1ncccc1CO. The fourth-order valence-corrected chi connectivity index (χ4v) is 0.448. The fourth-order valence-electron chi connectivity index (χ4n) is 0.448. The van der Waals surface area contributed by atoms with Gasteiger partial charge < -0.3 is 5.11 Å². The number of pyridine rings is 1. The van der Waals surface area contributed by atoms with E-state index in [0.717, 1.165) is 0 Å². The van der Waals surface area contributed by atoms with Crippen LogP contribution in [-0.2, 0) is 6.61 Å². The van der Waals surface area contributed by atoms with Crippen molar-refractivity contribution in [2.75, 3.05) is 0 Å². The molecule has 0 radical (unpaired) electrons. The molecule has 2 heteroatoms. The fraction of sp³-hybridized carbons (Fsp3) is 0.167. The third-order valence-electron chi connectivity index (χ3n) is 0.837. The predicted octanol–water partition coefficient (Wildman–Crippen LogP) is 0.574. The molecule has 1 rings (SSSR count). The number of aliphatic hydroxyl groups excluding tert-OH is 1. The molecule has 0 aliphatic rings. The lowest BCUT2D eigenvalue weighted by Gasteiger charge is -1.88. The van der Waals surface area contributed by atoms with E-state index in [1.807, 2.05) is 0 Å². The molecule has 1 N–H and O–H groups in total. The van der Waals surface area contributed by atoms with Crippen molar-refractivity contribution in [1.82, 2.24) is 4.98 Å². The minimum Gasteiger partial charge on any atom is -0.392 e. The van der Waals surface area contributed by atoms with Gasteiger partial charge in [0, 0.05) is 12.4 Å². The maximum absolute atomic E-state index is 8.56. The Morgan fingerprint density at radius 3 is 3.25 bits per heavy atom. The van der Waals surface area contributed by atoms with E-state index < -0.39 is 0 Å².